The molecule has 9 heteroatoms. The number of Topliss-reactive ketones (excluding diaryl/α,β-unsaturated/α-hetero) is 1. The molecule has 0 aliphatic heterocycles. The summed E-state index contributed by atoms with van der Waals surface area (Å²) < 4.78 is 2.14. The predicted molar refractivity (Wildman–Crippen MR) is 109 cm³/mol. The van der Waals surface area contributed by atoms with Crippen molar-refractivity contribution in [1.29, 1.82) is 5.26 Å². The molecule has 0 spiro atoms. The van der Waals surface area contributed by atoms with Gasteiger partial charge in [0.05, 0.1) is 11.3 Å². The fourth-order valence-electron chi connectivity index (χ4n) is 2.84. The molecule has 2 rings (SSSR count). The third-order valence-electron chi connectivity index (χ3n) is 4.17. The van der Waals surface area contributed by atoms with Gasteiger partial charge >= 0.3 is 5.69 Å². The lowest BCUT2D eigenvalue weighted by Gasteiger charge is -2.16. The summed E-state index contributed by atoms with van der Waals surface area (Å²) >= 11 is 1.08. The molecule has 148 valence electrons. The SMILES string of the molecule is Cc1cc(C)c(C#N)c(SCC(=O)c2c(N)n(CC(C)C)c(=O)n(C)c2=O)n1. The van der Waals surface area contributed by atoms with Crippen molar-refractivity contribution in [3.8, 4) is 6.07 Å². The second-order valence-electron chi connectivity index (χ2n) is 7.00. The van der Waals surface area contributed by atoms with Gasteiger partial charge in [0, 0.05) is 19.3 Å². The van der Waals surface area contributed by atoms with Crippen LogP contribution in [0.2, 0.25) is 0 Å². The van der Waals surface area contributed by atoms with Crippen molar-refractivity contribution in [2.75, 3.05) is 11.5 Å². The Morgan fingerprint density at radius 3 is 2.57 bits per heavy atom. The van der Waals surface area contributed by atoms with Crippen LogP contribution in [0.5, 0.6) is 0 Å². The number of ketones is 1. The number of rotatable bonds is 6. The number of hydrogen-bond donors (Lipinski definition) is 1. The highest BCUT2D eigenvalue weighted by atomic mass is 32.2. The number of nitrogens with zero attached hydrogens (tertiary/aromatic N) is 4. The molecule has 2 aromatic heterocycles. The quantitative estimate of drug-likeness (QED) is 0.576. The van der Waals surface area contributed by atoms with Crippen molar-refractivity contribution in [2.45, 2.75) is 39.3 Å². The van der Waals surface area contributed by atoms with E-state index >= 15 is 0 Å². The number of hydrogen-bond acceptors (Lipinski definition) is 7. The predicted octanol–water partition coefficient (Wildman–Crippen LogP) is 1.64. The number of aromatic nitrogens is 3. The van der Waals surface area contributed by atoms with E-state index in [1.165, 1.54) is 11.6 Å². The lowest BCUT2D eigenvalue weighted by Crippen LogP contribution is -2.43. The number of aryl methyl sites for hydroxylation is 2. The Morgan fingerprint density at radius 2 is 2.00 bits per heavy atom. The summed E-state index contributed by atoms with van der Waals surface area (Å²) in [6, 6.07) is 3.89. The van der Waals surface area contributed by atoms with Gasteiger partial charge in [-0.25, -0.2) is 9.78 Å². The summed E-state index contributed by atoms with van der Waals surface area (Å²) in [7, 11) is 1.32. The lowest BCUT2D eigenvalue weighted by atomic mass is 10.1. The maximum atomic E-state index is 12.8. The van der Waals surface area contributed by atoms with Crippen LogP contribution in [0.4, 0.5) is 5.82 Å². The van der Waals surface area contributed by atoms with Gasteiger partial charge in [-0.15, -0.1) is 0 Å². The van der Waals surface area contributed by atoms with Gasteiger partial charge in [-0.1, -0.05) is 25.6 Å². The standard InChI is InChI=1S/C19H23N5O3S/c1-10(2)8-24-16(21)15(18(26)23(5)19(24)27)14(25)9-28-17-13(7-20)11(3)6-12(4)22-17/h6,10H,8-9,21H2,1-5H3. The Bertz CT molecular complexity index is 1090. The highest BCUT2D eigenvalue weighted by molar-refractivity contribution is 8.00. The van der Waals surface area contributed by atoms with Crippen LogP contribution in [0.3, 0.4) is 0 Å². The number of nitriles is 1. The molecule has 0 aliphatic rings. The van der Waals surface area contributed by atoms with E-state index in [1.807, 2.05) is 13.8 Å². The number of nitrogens with two attached hydrogens (primary N) is 1. The highest BCUT2D eigenvalue weighted by Crippen LogP contribution is 2.24. The second-order valence-corrected chi connectivity index (χ2v) is 7.96. The zero-order valence-corrected chi connectivity index (χ0v) is 17.4. The average molecular weight is 401 g/mol. The number of anilines is 1. The summed E-state index contributed by atoms with van der Waals surface area (Å²) in [5.74, 6) is -0.650. The first-order valence-electron chi connectivity index (χ1n) is 8.72. The van der Waals surface area contributed by atoms with E-state index in [-0.39, 0.29) is 23.1 Å². The van der Waals surface area contributed by atoms with Crippen LogP contribution in [0.1, 0.15) is 41.0 Å². The molecule has 0 saturated carbocycles. The number of carbonyl (C=O) groups excluding carboxylic acids is 1. The normalized spacial score (nSPS) is 10.9. The Kier molecular flexibility index (Phi) is 6.46. The molecule has 0 radical (unpaired) electrons. The molecular weight excluding hydrogens is 378 g/mol. The van der Waals surface area contributed by atoms with Crippen LogP contribution in [0, 0.1) is 31.1 Å². The zero-order valence-electron chi connectivity index (χ0n) is 16.6. The van der Waals surface area contributed by atoms with Gasteiger partial charge in [-0.05, 0) is 31.4 Å². The molecule has 0 saturated heterocycles. The minimum absolute atomic E-state index is 0.104. The lowest BCUT2D eigenvalue weighted by molar-refractivity contribution is 0.102. The van der Waals surface area contributed by atoms with E-state index in [0.717, 1.165) is 27.6 Å². The third kappa shape index (κ3) is 4.17. The summed E-state index contributed by atoms with van der Waals surface area (Å²) in [4.78, 5) is 42.0. The summed E-state index contributed by atoms with van der Waals surface area (Å²) in [6.45, 7) is 7.71. The molecule has 2 N–H and O–H groups in total. The molecule has 0 aliphatic carbocycles. The first kappa shape index (κ1) is 21.4. The van der Waals surface area contributed by atoms with Crippen molar-refractivity contribution in [2.24, 2.45) is 13.0 Å². The molecule has 0 atom stereocenters. The van der Waals surface area contributed by atoms with E-state index < -0.39 is 17.0 Å². The number of nitrogen functional groups attached to an aromatic ring is 1. The van der Waals surface area contributed by atoms with Gasteiger partial charge in [0.2, 0.25) is 0 Å². The highest BCUT2D eigenvalue weighted by Gasteiger charge is 2.22. The van der Waals surface area contributed by atoms with Crippen LogP contribution in [0.25, 0.3) is 0 Å². The molecule has 0 aromatic carbocycles. The van der Waals surface area contributed by atoms with E-state index in [0.29, 0.717) is 17.1 Å². The molecule has 2 heterocycles. The summed E-state index contributed by atoms with van der Waals surface area (Å²) in [6.07, 6.45) is 0. The van der Waals surface area contributed by atoms with Crippen molar-refractivity contribution in [1.82, 2.24) is 14.1 Å². The average Bonchev–Trinajstić information content (AvgIpc) is 2.61. The van der Waals surface area contributed by atoms with Gasteiger partial charge < -0.3 is 5.73 Å². The zero-order chi connectivity index (χ0) is 21.2. The second kappa shape index (κ2) is 8.44. The van der Waals surface area contributed by atoms with Crippen molar-refractivity contribution >= 4 is 23.4 Å². The first-order valence-corrected chi connectivity index (χ1v) is 9.70. The summed E-state index contributed by atoms with van der Waals surface area (Å²) in [5.41, 5.74) is 6.44. The molecule has 8 nitrogen and oxygen atoms in total. The molecule has 28 heavy (non-hydrogen) atoms. The minimum Gasteiger partial charge on any atom is -0.384 e. The first-order chi connectivity index (χ1) is 13.1. The van der Waals surface area contributed by atoms with Crippen molar-refractivity contribution in [3.63, 3.8) is 0 Å². The molecule has 0 unspecified atom stereocenters. The van der Waals surface area contributed by atoms with E-state index in [1.54, 1.807) is 19.9 Å². The van der Waals surface area contributed by atoms with Crippen LogP contribution < -0.4 is 17.0 Å². The number of pyridine rings is 1. The van der Waals surface area contributed by atoms with Crippen molar-refractivity contribution in [3.05, 3.63) is 49.3 Å². The van der Waals surface area contributed by atoms with Gasteiger partial charge in [-0.2, -0.15) is 5.26 Å². The topological polar surface area (TPSA) is 124 Å². The van der Waals surface area contributed by atoms with Gasteiger partial charge in [0.15, 0.2) is 5.78 Å². The fraction of sp³-hybridized carbons (Fsp3) is 0.421. The van der Waals surface area contributed by atoms with Crippen LogP contribution in [-0.2, 0) is 13.6 Å². The third-order valence-corrected chi connectivity index (χ3v) is 5.15. The molecule has 0 amide bonds. The molecule has 0 bridgehead atoms. The van der Waals surface area contributed by atoms with Crippen molar-refractivity contribution < 1.29 is 4.79 Å². The Hall–Kier alpha value is -2.86. The van der Waals surface area contributed by atoms with Gasteiger partial charge in [-0.3, -0.25) is 18.7 Å². The maximum Gasteiger partial charge on any atom is 0.332 e. The van der Waals surface area contributed by atoms with Crippen LogP contribution in [0.15, 0.2) is 20.7 Å². The monoisotopic (exact) mass is 401 g/mol. The molecule has 2 aromatic rings. The molecular formula is C19H23N5O3S. The van der Waals surface area contributed by atoms with Crippen LogP contribution in [-0.4, -0.2) is 25.7 Å². The van der Waals surface area contributed by atoms with E-state index in [9.17, 15) is 19.6 Å². The number of carbonyl (C=O) groups is 1. The maximum absolute atomic E-state index is 12.8. The minimum atomic E-state index is -0.720. The van der Waals surface area contributed by atoms with Gasteiger partial charge in [0.25, 0.3) is 5.56 Å². The van der Waals surface area contributed by atoms with Gasteiger partial charge in [0.1, 0.15) is 22.5 Å². The summed E-state index contributed by atoms with van der Waals surface area (Å²) in [5, 5.41) is 9.78. The van der Waals surface area contributed by atoms with E-state index in [2.05, 4.69) is 11.1 Å². The molecule has 0 fully saturated rings. The fourth-order valence-corrected chi connectivity index (χ4v) is 3.81. The Labute approximate surface area is 167 Å². The Morgan fingerprint density at radius 1 is 1.36 bits per heavy atom. The largest absolute Gasteiger partial charge is 0.384 e. The Balaban J connectivity index is 2.44. The van der Waals surface area contributed by atoms with Crippen LogP contribution >= 0.6 is 11.8 Å². The number of thioether (sulfide) groups is 1. The smallest absolute Gasteiger partial charge is 0.332 e. The van der Waals surface area contributed by atoms with E-state index in [4.69, 9.17) is 5.73 Å².